The van der Waals surface area contributed by atoms with Gasteiger partial charge in [0.05, 0.1) is 17.2 Å². The predicted octanol–water partition coefficient (Wildman–Crippen LogP) is 3.13. The molecule has 0 aliphatic rings. The van der Waals surface area contributed by atoms with Gasteiger partial charge in [0.1, 0.15) is 5.82 Å². The van der Waals surface area contributed by atoms with E-state index in [4.69, 9.17) is 27.9 Å². The maximum atomic E-state index is 12.8. The molecule has 0 aliphatic carbocycles. The van der Waals surface area contributed by atoms with Crippen LogP contribution in [0, 0.1) is 0 Å². The van der Waals surface area contributed by atoms with Crippen LogP contribution in [0.25, 0.3) is 11.4 Å². The Labute approximate surface area is 175 Å². The van der Waals surface area contributed by atoms with Crippen LogP contribution in [0.4, 0.5) is 0 Å². The van der Waals surface area contributed by atoms with Crippen molar-refractivity contribution in [2.24, 2.45) is 0 Å². The highest BCUT2D eigenvalue weighted by molar-refractivity contribution is 6.42. The minimum atomic E-state index is -0.836. The average molecular weight is 435 g/mol. The Hall–Kier alpha value is -3.10. The van der Waals surface area contributed by atoms with Crippen LogP contribution in [-0.2, 0) is 6.54 Å². The molecule has 0 bridgehead atoms. The number of hydrogen-bond donors (Lipinski definition) is 2. The number of H-pyrrole nitrogens is 1. The molecular weight excluding hydrogens is 419 g/mol. The molecule has 0 spiro atoms. The second-order valence-corrected chi connectivity index (χ2v) is 6.93. The highest BCUT2D eigenvalue weighted by Gasteiger charge is 2.22. The Balaban J connectivity index is 1.91. The number of ether oxygens (including phenoxy) is 1. The lowest BCUT2D eigenvalue weighted by molar-refractivity contribution is 0.0775. The Morgan fingerprint density at radius 1 is 1.24 bits per heavy atom. The summed E-state index contributed by atoms with van der Waals surface area (Å²) in [6.45, 7) is 0.170. The van der Waals surface area contributed by atoms with Crippen molar-refractivity contribution in [3.8, 4) is 23.0 Å². The zero-order valence-corrected chi connectivity index (χ0v) is 17.0. The predicted molar refractivity (Wildman–Crippen MR) is 109 cm³/mol. The second-order valence-electron chi connectivity index (χ2n) is 6.11. The third-order valence-electron chi connectivity index (χ3n) is 4.07. The molecule has 1 amide bonds. The first kappa shape index (κ1) is 20.6. The number of methoxy groups -OCH3 is 1. The van der Waals surface area contributed by atoms with Gasteiger partial charge in [-0.1, -0.05) is 29.3 Å². The van der Waals surface area contributed by atoms with Gasteiger partial charge in [-0.05, 0) is 23.8 Å². The first-order valence-electron chi connectivity index (χ1n) is 8.33. The standard InChI is InChI=1S/C19H16Cl2N4O4/c1-25(9-10-3-5-12(20)13(21)7-10)19(28)15-16(26)18(27)24-17(23-15)11-4-6-14(29-2)22-8-11/h3-8,26H,9H2,1-2H3,(H,23,24,27). The minimum absolute atomic E-state index is 0.0919. The van der Waals surface area contributed by atoms with Crippen molar-refractivity contribution in [3.63, 3.8) is 0 Å². The maximum Gasteiger partial charge on any atom is 0.294 e. The highest BCUT2D eigenvalue weighted by atomic mass is 35.5. The summed E-state index contributed by atoms with van der Waals surface area (Å²) in [6, 6.07) is 8.18. The molecule has 2 N–H and O–H groups in total. The van der Waals surface area contributed by atoms with Gasteiger partial charge in [0.25, 0.3) is 11.5 Å². The van der Waals surface area contributed by atoms with Crippen LogP contribution in [0.1, 0.15) is 16.1 Å². The fraction of sp³-hybridized carbons (Fsp3) is 0.158. The largest absolute Gasteiger partial charge is 0.501 e. The van der Waals surface area contributed by atoms with Crippen LogP contribution in [0.3, 0.4) is 0 Å². The molecule has 0 atom stereocenters. The Kier molecular flexibility index (Phi) is 6.05. The molecule has 2 heterocycles. The monoisotopic (exact) mass is 434 g/mol. The Morgan fingerprint density at radius 3 is 2.62 bits per heavy atom. The molecule has 150 valence electrons. The van der Waals surface area contributed by atoms with Crippen LogP contribution in [-0.4, -0.2) is 45.0 Å². The van der Waals surface area contributed by atoms with E-state index in [0.717, 1.165) is 5.56 Å². The number of benzene rings is 1. The van der Waals surface area contributed by atoms with E-state index >= 15 is 0 Å². The SMILES string of the molecule is COc1ccc(-c2nc(C(=O)N(C)Cc3ccc(Cl)c(Cl)c3)c(O)c(=O)[nH]2)cn1. The quantitative estimate of drug-likeness (QED) is 0.638. The molecule has 2 aromatic heterocycles. The van der Waals surface area contributed by atoms with E-state index in [-0.39, 0.29) is 18.1 Å². The highest BCUT2D eigenvalue weighted by Crippen LogP contribution is 2.24. The molecule has 29 heavy (non-hydrogen) atoms. The number of aromatic hydroxyl groups is 1. The van der Waals surface area contributed by atoms with Crippen molar-refractivity contribution in [1.82, 2.24) is 19.9 Å². The lowest BCUT2D eigenvalue weighted by Gasteiger charge is -2.18. The van der Waals surface area contributed by atoms with E-state index in [1.54, 1.807) is 30.3 Å². The minimum Gasteiger partial charge on any atom is -0.501 e. The molecule has 0 radical (unpaired) electrons. The van der Waals surface area contributed by atoms with Crippen LogP contribution in [0.5, 0.6) is 11.6 Å². The Morgan fingerprint density at radius 2 is 2.00 bits per heavy atom. The number of halogens is 2. The van der Waals surface area contributed by atoms with Crippen LogP contribution >= 0.6 is 23.2 Å². The number of rotatable bonds is 5. The van der Waals surface area contributed by atoms with E-state index in [2.05, 4.69) is 15.0 Å². The summed E-state index contributed by atoms with van der Waals surface area (Å²) in [5.74, 6) is -0.926. The number of amides is 1. The molecule has 10 heteroatoms. The van der Waals surface area contributed by atoms with Gasteiger partial charge in [0.15, 0.2) is 5.69 Å². The van der Waals surface area contributed by atoms with E-state index in [1.807, 2.05) is 0 Å². The first-order chi connectivity index (χ1) is 13.8. The van der Waals surface area contributed by atoms with Crippen molar-refractivity contribution < 1.29 is 14.6 Å². The van der Waals surface area contributed by atoms with Crippen LogP contribution < -0.4 is 10.3 Å². The number of hydrogen-bond acceptors (Lipinski definition) is 6. The molecule has 0 saturated carbocycles. The fourth-order valence-electron chi connectivity index (χ4n) is 2.56. The summed E-state index contributed by atoms with van der Waals surface area (Å²) in [5.41, 5.74) is -0.0394. The number of aromatic amines is 1. The van der Waals surface area contributed by atoms with Crippen molar-refractivity contribution in [1.29, 1.82) is 0 Å². The lowest BCUT2D eigenvalue weighted by atomic mass is 10.2. The summed E-state index contributed by atoms with van der Waals surface area (Å²) in [5, 5.41) is 10.8. The number of pyridine rings is 1. The van der Waals surface area contributed by atoms with Crippen molar-refractivity contribution in [2.75, 3.05) is 14.2 Å². The van der Waals surface area contributed by atoms with Gasteiger partial charge in [-0.3, -0.25) is 9.59 Å². The number of carbonyl (C=O) groups is 1. The Bertz CT molecular complexity index is 1120. The van der Waals surface area contributed by atoms with Gasteiger partial charge in [-0.15, -0.1) is 0 Å². The van der Waals surface area contributed by atoms with Gasteiger partial charge in [0.2, 0.25) is 11.6 Å². The van der Waals surface area contributed by atoms with Crippen LogP contribution in [0.2, 0.25) is 10.0 Å². The molecule has 1 aromatic carbocycles. The van der Waals surface area contributed by atoms with Gasteiger partial charge in [-0.25, -0.2) is 9.97 Å². The number of carbonyl (C=O) groups excluding carboxylic acids is 1. The zero-order valence-electron chi connectivity index (χ0n) is 15.4. The fourth-order valence-corrected chi connectivity index (χ4v) is 2.88. The summed E-state index contributed by atoms with van der Waals surface area (Å²) >= 11 is 11.9. The van der Waals surface area contributed by atoms with Gasteiger partial charge in [-0.2, -0.15) is 0 Å². The smallest absolute Gasteiger partial charge is 0.294 e. The van der Waals surface area contributed by atoms with Crippen molar-refractivity contribution in [3.05, 3.63) is 68.2 Å². The van der Waals surface area contributed by atoms with Crippen LogP contribution in [0.15, 0.2) is 41.3 Å². The molecule has 0 aliphatic heterocycles. The van der Waals surface area contributed by atoms with E-state index in [9.17, 15) is 14.7 Å². The van der Waals surface area contributed by atoms with E-state index in [0.29, 0.717) is 21.5 Å². The molecule has 3 rings (SSSR count). The number of aromatic nitrogens is 3. The zero-order chi connectivity index (χ0) is 21.1. The molecule has 8 nitrogen and oxygen atoms in total. The summed E-state index contributed by atoms with van der Waals surface area (Å²) < 4.78 is 4.99. The molecule has 0 saturated heterocycles. The van der Waals surface area contributed by atoms with Gasteiger partial charge < -0.3 is 19.7 Å². The third kappa shape index (κ3) is 4.49. The first-order valence-corrected chi connectivity index (χ1v) is 9.09. The molecule has 0 fully saturated rings. The molecular formula is C19H16Cl2N4O4. The van der Waals surface area contributed by atoms with E-state index in [1.165, 1.54) is 25.3 Å². The second kappa shape index (κ2) is 8.50. The van der Waals surface area contributed by atoms with Crippen molar-refractivity contribution in [2.45, 2.75) is 6.54 Å². The van der Waals surface area contributed by atoms with E-state index < -0.39 is 17.2 Å². The normalized spacial score (nSPS) is 10.6. The van der Waals surface area contributed by atoms with Crippen molar-refractivity contribution >= 4 is 29.1 Å². The third-order valence-corrected chi connectivity index (χ3v) is 4.81. The average Bonchev–Trinajstić information content (AvgIpc) is 2.72. The lowest BCUT2D eigenvalue weighted by Crippen LogP contribution is -2.29. The summed E-state index contributed by atoms with van der Waals surface area (Å²) in [7, 11) is 2.99. The maximum absolute atomic E-state index is 12.8. The molecule has 0 unspecified atom stereocenters. The topological polar surface area (TPSA) is 108 Å². The molecule has 3 aromatic rings. The summed E-state index contributed by atoms with van der Waals surface area (Å²) in [6.07, 6.45) is 1.43. The summed E-state index contributed by atoms with van der Waals surface area (Å²) in [4.78, 5) is 36.8. The van der Waals surface area contributed by atoms with Gasteiger partial charge >= 0.3 is 0 Å². The van der Waals surface area contributed by atoms with Gasteiger partial charge in [0, 0.05) is 31.4 Å². The number of nitrogens with zero attached hydrogens (tertiary/aromatic N) is 3. The number of nitrogens with one attached hydrogen (secondary N) is 1.